The molecule has 0 saturated carbocycles. The summed E-state index contributed by atoms with van der Waals surface area (Å²) in [6.45, 7) is 1.64. The molecular weight excluding hydrogens is 386 g/mol. The van der Waals surface area contributed by atoms with Crippen LogP contribution in [0.25, 0.3) is 4.72 Å². The lowest BCUT2D eigenvalue weighted by molar-refractivity contribution is 0.103. The van der Waals surface area contributed by atoms with Gasteiger partial charge in [-0.15, -0.1) is 11.3 Å². The van der Waals surface area contributed by atoms with Gasteiger partial charge in [-0.2, -0.15) is 0 Å². The summed E-state index contributed by atoms with van der Waals surface area (Å²) in [6.07, 6.45) is 0. The van der Waals surface area contributed by atoms with E-state index in [9.17, 15) is 13.2 Å². The maximum atomic E-state index is 12.2. The summed E-state index contributed by atoms with van der Waals surface area (Å²) in [5.74, 6) is 0.111. The van der Waals surface area contributed by atoms with Crippen molar-refractivity contribution in [2.45, 2.75) is 11.8 Å². The summed E-state index contributed by atoms with van der Waals surface area (Å²) in [5, 5.41) is 6.19. The molecule has 0 saturated heterocycles. The number of rotatable bonds is 5. The number of thiophene rings is 1. The Morgan fingerprint density at radius 2 is 1.96 bits per heavy atom. The molecule has 0 radical (unpaired) electrons. The molecule has 3 aromatic rings. The van der Waals surface area contributed by atoms with E-state index in [1.54, 1.807) is 19.1 Å². The van der Waals surface area contributed by atoms with E-state index >= 15 is 0 Å². The van der Waals surface area contributed by atoms with Crippen molar-refractivity contribution in [1.82, 2.24) is 5.16 Å². The van der Waals surface area contributed by atoms with E-state index in [2.05, 4.69) is 15.2 Å². The van der Waals surface area contributed by atoms with Gasteiger partial charge in [0, 0.05) is 5.69 Å². The van der Waals surface area contributed by atoms with Crippen molar-refractivity contribution in [3.63, 3.8) is 0 Å². The minimum atomic E-state index is -3.92. The number of nitrogens with one attached hydrogen (secondary N) is 1. The minimum Gasteiger partial charge on any atom is -0.460 e. The zero-order chi connectivity index (χ0) is 18.0. The van der Waals surface area contributed by atoms with Crippen LogP contribution in [0.15, 0.2) is 51.9 Å². The standard InChI is InChI=1S/C15H12ClN3O4S2/c1-9-8-14(18-23-9)19-25(21,22)11-4-2-10(3-5-11)17-15(20)12-6-7-13(16)24-12/h2-8H,1H3,(H2,17,18,19,20)/p-1. The van der Waals surface area contributed by atoms with Crippen LogP contribution in [0.4, 0.5) is 11.5 Å². The van der Waals surface area contributed by atoms with Gasteiger partial charge >= 0.3 is 0 Å². The van der Waals surface area contributed by atoms with Gasteiger partial charge in [0.15, 0.2) is 0 Å². The predicted octanol–water partition coefficient (Wildman–Crippen LogP) is 4.34. The van der Waals surface area contributed by atoms with Crippen LogP contribution in [-0.2, 0) is 10.0 Å². The molecule has 0 unspecified atom stereocenters. The van der Waals surface area contributed by atoms with Crippen molar-refractivity contribution in [3.8, 4) is 0 Å². The first-order chi connectivity index (χ1) is 11.8. The Kier molecular flexibility index (Phi) is 4.80. The molecule has 0 aliphatic carbocycles. The van der Waals surface area contributed by atoms with Crippen LogP contribution in [-0.4, -0.2) is 19.5 Å². The van der Waals surface area contributed by atoms with Crippen LogP contribution in [0, 0.1) is 6.92 Å². The molecule has 25 heavy (non-hydrogen) atoms. The lowest BCUT2D eigenvalue weighted by Crippen LogP contribution is -2.10. The van der Waals surface area contributed by atoms with Crippen molar-refractivity contribution in [3.05, 3.63) is 62.2 Å². The first kappa shape index (κ1) is 17.5. The molecule has 2 heterocycles. The van der Waals surface area contributed by atoms with Gasteiger partial charge in [-0.3, -0.25) is 9.95 Å². The van der Waals surface area contributed by atoms with E-state index in [0.717, 1.165) is 11.3 Å². The van der Waals surface area contributed by atoms with Crippen molar-refractivity contribution in [2.24, 2.45) is 0 Å². The number of benzene rings is 1. The van der Waals surface area contributed by atoms with Gasteiger partial charge in [0.25, 0.3) is 5.91 Å². The Hall–Kier alpha value is -2.36. The first-order valence-electron chi connectivity index (χ1n) is 6.91. The lowest BCUT2D eigenvalue weighted by Gasteiger charge is -2.12. The quantitative estimate of drug-likeness (QED) is 0.690. The van der Waals surface area contributed by atoms with Gasteiger partial charge < -0.3 is 14.6 Å². The molecule has 7 nitrogen and oxygen atoms in total. The first-order valence-corrected chi connectivity index (χ1v) is 9.55. The van der Waals surface area contributed by atoms with Gasteiger partial charge in [-0.1, -0.05) is 11.6 Å². The zero-order valence-electron chi connectivity index (χ0n) is 12.8. The molecule has 0 atom stereocenters. The molecule has 0 spiro atoms. The van der Waals surface area contributed by atoms with Crippen LogP contribution in [0.3, 0.4) is 0 Å². The zero-order valence-corrected chi connectivity index (χ0v) is 15.2. The third-order valence-corrected chi connectivity index (χ3v) is 5.56. The maximum absolute atomic E-state index is 12.2. The molecular formula is C15H11ClN3O4S2-. The van der Waals surface area contributed by atoms with E-state index in [-0.39, 0.29) is 16.6 Å². The fraction of sp³-hybridized carbons (Fsp3) is 0.0667. The Morgan fingerprint density at radius 3 is 2.52 bits per heavy atom. The molecule has 0 bridgehead atoms. The highest BCUT2D eigenvalue weighted by atomic mass is 35.5. The van der Waals surface area contributed by atoms with Crippen LogP contribution in [0.5, 0.6) is 0 Å². The number of hydrogen-bond acceptors (Lipinski definition) is 6. The highest BCUT2D eigenvalue weighted by Gasteiger charge is 2.12. The molecule has 3 rings (SSSR count). The minimum absolute atomic E-state index is 0.0229. The summed E-state index contributed by atoms with van der Waals surface area (Å²) >= 11 is 6.95. The van der Waals surface area contributed by atoms with E-state index in [0.29, 0.717) is 20.7 Å². The second kappa shape index (κ2) is 6.87. The molecule has 0 fully saturated rings. The summed E-state index contributed by atoms with van der Waals surface area (Å²) < 4.78 is 33.3. The van der Waals surface area contributed by atoms with E-state index < -0.39 is 10.0 Å². The number of nitrogens with zero attached hydrogens (tertiary/aromatic N) is 2. The maximum Gasteiger partial charge on any atom is 0.265 e. The third-order valence-electron chi connectivity index (χ3n) is 3.04. The molecule has 1 amide bonds. The predicted molar refractivity (Wildman–Crippen MR) is 95.2 cm³/mol. The van der Waals surface area contributed by atoms with Gasteiger partial charge in [-0.25, -0.2) is 8.42 Å². The molecule has 0 aliphatic heterocycles. The summed E-state index contributed by atoms with van der Waals surface area (Å²) in [7, 11) is -3.92. The summed E-state index contributed by atoms with van der Waals surface area (Å²) in [5.41, 5.74) is 0.450. The number of hydrogen-bond donors (Lipinski definition) is 1. The van der Waals surface area contributed by atoms with E-state index in [4.69, 9.17) is 16.1 Å². The Labute approximate surface area is 152 Å². The van der Waals surface area contributed by atoms with Crippen molar-refractivity contribution < 1.29 is 17.7 Å². The number of carbonyl (C=O) groups is 1. The van der Waals surface area contributed by atoms with Crippen LogP contribution in [0.2, 0.25) is 4.34 Å². The van der Waals surface area contributed by atoms with Crippen LogP contribution >= 0.6 is 22.9 Å². The van der Waals surface area contributed by atoms with Gasteiger partial charge in [0.1, 0.15) is 5.76 Å². The Bertz CT molecular complexity index is 1010. The monoisotopic (exact) mass is 396 g/mol. The van der Waals surface area contributed by atoms with Crippen LogP contribution in [0.1, 0.15) is 15.4 Å². The molecule has 1 aromatic carbocycles. The lowest BCUT2D eigenvalue weighted by atomic mass is 10.3. The van der Waals surface area contributed by atoms with E-state index in [1.807, 2.05) is 0 Å². The van der Waals surface area contributed by atoms with Crippen LogP contribution < -0.4 is 5.32 Å². The molecule has 2 aromatic heterocycles. The van der Waals surface area contributed by atoms with Crippen molar-refractivity contribution in [2.75, 3.05) is 5.32 Å². The largest absolute Gasteiger partial charge is 0.460 e. The molecule has 10 heteroatoms. The number of aryl methyl sites for hydroxylation is 1. The fourth-order valence-electron chi connectivity index (χ4n) is 1.91. The summed E-state index contributed by atoms with van der Waals surface area (Å²) in [6, 6.07) is 10.3. The van der Waals surface area contributed by atoms with Gasteiger partial charge in [0.2, 0.25) is 10.0 Å². The Balaban J connectivity index is 1.72. The van der Waals surface area contributed by atoms with Crippen molar-refractivity contribution in [1.29, 1.82) is 0 Å². The number of aromatic nitrogens is 1. The van der Waals surface area contributed by atoms with Crippen molar-refractivity contribution >= 4 is 50.4 Å². The van der Waals surface area contributed by atoms with E-state index in [1.165, 1.54) is 30.3 Å². The number of anilines is 1. The van der Waals surface area contributed by atoms with Gasteiger partial charge in [0.05, 0.1) is 14.1 Å². The van der Waals surface area contributed by atoms with Gasteiger partial charge in [-0.05, 0) is 55.2 Å². The number of sulfonamides is 1. The molecule has 0 aliphatic rings. The normalized spacial score (nSPS) is 11.3. The topological polar surface area (TPSA) is 103 Å². The SMILES string of the molecule is Cc1cc([N-]S(=O)(=O)c2ccc(NC(=O)c3ccc(Cl)s3)cc2)no1. The number of halogens is 1. The average Bonchev–Trinajstić information content (AvgIpc) is 3.16. The second-order valence-electron chi connectivity index (χ2n) is 4.94. The molecule has 130 valence electrons. The summed E-state index contributed by atoms with van der Waals surface area (Å²) in [4.78, 5) is 12.5. The molecule has 1 N–H and O–H groups in total. The number of amides is 1. The smallest absolute Gasteiger partial charge is 0.265 e. The Morgan fingerprint density at radius 1 is 1.24 bits per heavy atom. The fourth-order valence-corrected chi connectivity index (χ4v) is 3.77. The highest BCUT2D eigenvalue weighted by molar-refractivity contribution is 7.94. The second-order valence-corrected chi connectivity index (χ2v) is 8.26. The number of carbonyl (C=O) groups excluding carboxylic acids is 1. The highest BCUT2D eigenvalue weighted by Crippen LogP contribution is 2.28. The third kappa shape index (κ3) is 4.19. The average molecular weight is 397 g/mol.